The second-order valence-corrected chi connectivity index (χ2v) is 12.1. The van der Waals surface area contributed by atoms with Crippen LogP contribution in [0, 0.1) is 0 Å². The van der Waals surface area contributed by atoms with Crippen LogP contribution in [0.25, 0.3) is 10.2 Å². The van der Waals surface area contributed by atoms with Crippen molar-refractivity contribution >= 4 is 73.5 Å². The Labute approximate surface area is 258 Å². The molecule has 0 spiro atoms. The van der Waals surface area contributed by atoms with Crippen molar-refractivity contribution in [1.82, 2.24) is 14.9 Å². The van der Waals surface area contributed by atoms with Crippen LogP contribution in [0.1, 0.15) is 36.0 Å². The lowest BCUT2D eigenvalue weighted by Crippen LogP contribution is -2.43. The smallest absolute Gasteiger partial charge is 0.258 e. The normalized spacial score (nSPS) is 16.1. The Kier molecular flexibility index (Phi) is 8.57. The summed E-state index contributed by atoms with van der Waals surface area (Å²) in [6.07, 6.45) is 6.57. The second kappa shape index (κ2) is 12.5. The van der Waals surface area contributed by atoms with E-state index in [2.05, 4.69) is 54.7 Å². The summed E-state index contributed by atoms with van der Waals surface area (Å²) in [6, 6.07) is 10.7. The molecule has 4 aromatic rings. The first-order valence-electron chi connectivity index (χ1n) is 14.0. The molecule has 2 N–H and O–H groups in total. The molecule has 0 unspecified atom stereocenters. The third-order valence-electron chi connectivity index (χ3n) is 8.03. The number of carbonyl (C=O) groups excluding carboxylic acids is 1. The number of thiophene rings is 1. The summed E-state index contributed by atoms with van der Waals surface area (Å²) in [5, 5.41) is 8.29. The molecule has 0 atom stereocenters. The van der Waals surface area contributed by atoms with Gasteiger partial charge in [-0.2, -0.15) is 0 Å². The van der Waals surface area contributed by atoms with Gasteiger partial charge in [0.1, 0.15) is 27.9 Å². The number of hydrogen-bond acceptors (Lipinski definition) is 9. The van der Waals surface area contributed by atoms with Gasteiger partial charge >= 0.3 is 0 Å². The van der Waals surface area contributed by atoms with E-state index in [-0.39, 0.29) is 15.7 Å². The average Bonchev–Trinajstić information content (AvgIpc) is 3.71. The van der Waals surface area contributed by atoms with E-state index >= 15 is 0 Å². The van der Waals surface area contributed by atoms with E-state index in [1.54, 1.807) is 11.4 Å². The Morgan fingerprint density at radius 2 is 1.64 bits per heavy atom. The molecule has 9 nitrogen and oxygen atoms in total. The largest absolute Gasteiger partial charge is 0.495 e. The zero-order valence-corrected chi connectivity index (χ0v) is 25.8. The Bertz CT molecular complexity index is 1560. The summed E-state index contributed by atoms with van der Waals surface area (Å²) in [5.41, 5.74) is 3.24. The monoisotopic (exact) mass is 626 g/mol. The maximum atomic E-state index is 13.4. The highest BCUT2D eigenvalue weighted by Gasteiger charge is 2.27. The lowest BCUT2D eigenvalue weighted by Gasteiger charge is -2.37. The number of amides is 1. The van der Waals surface area contributed by atoms with Crippen molar-refractivity contribution < 1.29 is 14.3 Å². The number of rotatable bonds is 8. The number of carbonyl (C=O) groups is 1. The van der Waals surface area contributed by atoms with Crippen molar-refractivity contribution in [1.29, 1.82) is 0 Å². The van der Waals surface area contributed by atoms with Crippen LogP contribution in [0.3, 0.4) is 0 Å². The summed E-state index contributed by atoms with van der Waals surface area (Å²) in [5.74, 6) is 0.870. The van der Waals surface area contributed by atoms with E-state index in [4.69, 9.17) is 32.7 Å². The van der Waals surface area contributed by atoms with Crippen LogP contribution in [0.5, 0.6) is 11.5 Å². The van der Waals surface area contributed by atoms with Gasteiger partial charge in [-0.1, -0.05) is 23.2 Å². The number of hydrogen-bond donors (Lipinski definition) is 2. The Morgan fingerprint density at radius 3 is 2.29 bits per heavy atom. The molecule has 12 heteroatoms. The van der Waals surface area contributed by atoms with E-state index in [1.807, 2.05) is 0 Å². The van der Waals surface area contributed by atoms with Crippen LogP contribution in [-0.2, 0) is 0 Å². The molecule has 0 bridgehead atoms. The Morgan fingerprint density at radius 1 is 0.976 bits per heavy atom. The van der Waals surface area contributed by atoms with Crippen LogP contribution >= 0.6 is 34.5 Å². The van der Waals surface area contributed by atoms with Gasteiger partial charge < -0.3 is 29.9 Å². The second-order valence-electron chi connectivity index (χ2n) is 10.4. The van der Waals surface area contributed by atoms with Crippen molar-refractivity contribution in [3.63, 3.8) is 0 Å². The summed E-state index contributed by atoms with van der Waals surface area (Å²) in [6.45, 7) is 4.69. The highest BCUT2D eigenvalue weighted by Crippen LogP contribution is 2.44. The fourth-order valence-corrected chi connectivity index (χ4v) is 7.30. The van der Waals surface area contributed by atoms with Gasteiger partial charge in [-0.05, 0) is 63.0 Å². The van der Waals surface area contributed by atoms with E-state index in [9.17, 15) is 4.79 Å². The molecular weight excluding hydrogens is 595 g/mol. The first kappa shape index (κ1) is 28.8. The number of anilines is 4. The van der Waals surface area contributed by atoms with E-state index < -0.39 is 5.91 Å². The quantitative estimate of drug-likeness (QED) is 0.214. The molecule has 2 aromatic heterocycles. The highest BCUT2D eigenvalue weighted by atomic mass is 35.5. The molecule has 0 saturated carbocycles. The minimum atomic E-state index is -0.414. The molecule has 0 radical (unpaired) electrons. The summed E-state index contributed by atoms with van der Waals surface area (Å²) in [7, 11) is 2.95. The number of methoxy groups -OCH3 is 2. The Hall–Kier alpha value is -3.31. The van der Waals surface area contributed by atoms with Crippen LogP contribution in [0.4, 0.5) is 22.9 Å². The number of ether oxygens (including phenoxy) is 2. The first-order chi connectivity index (χ1) is 20.5. The zero-order valence-electron chi connectivity index (χ0n) is 23.5. The number of piperidine rings is 1. The van der Waals surface area contributed by atoms with Gasteiger partial charge in [0.2, 0.25) is 0 Å². The average molecular weight is 628 g/mol. The van der Waals surface area contributed by atoms with Crippen LogP contribution in [0.2, 0.25) is 10.0 Å². The molecule has 2 aliphatic rings. The Balaban J connectivity index is 1.16. The van der Waals surface area contributed by atoms with Gasteiger partial charge in [-0.25, -0.2) is 9.97 Å². The SMILES string of the molecule is COc1cc(OC)c(Cl)c(NC(=O)c2csc3c(Nc4ccc(N5CCC(N6CCCC6)CC5)cc4)ncnc23)c1Cl. The number of fused-ring (bicyclic) bond motifs is 1. The highest BCUT2D eigenvalue weighted by molar-refractivity contribution is 7.18. The van der Waals surface area contributed by atoms with Crippen LogP contribution < -0.4 is 25.0 Å². The molecule has 6 rings (SSSR count). The minimum Gasteiger partial charge on any atom is -0.495 e. The van der Waals surface area contributed by atoms with Gasteiger partial charge in [0, 0.05) is 42.0 Å². The third kappa shape index (κ3) is 5.68. The molecule has 0 aliphatic carbocycles. The number of aromatic nitrogens is 2. The van der Waals surface area contributed by atoms with Gasteiger partial charge in [0.25, 0.3) is 5.91 Å². The van der Waals surface area contributed by atoms with Crippen LogP contribution in [0.15, 0.2) is 42.0 Å². The van der Waals surface area contributed by atoms with Crippen molar-refractivity contribution in [2.45, 2.75) is 31.7 Å². The van der Waals surface area contributed by atoms with E-state index in [0.29, 0.717) is 28.4 Å². The fraction of sp³-hybridized carbons (Fsp3) is 0.367. The molecule has 220 valence electrons. The maximum absolute atomic E-state index is 13.4. The fourth-order valence-electron chi connectivity index (χ4n) is 5.77. The molecular formula is C30H32Cl2N6O3S. The van der Waals surface area contributed by atoms with Gasteiger partial charge in [-0.15, -0.1) is 11.3 Å². The predicted octanol–water partition coefficient (Wildman–Crippen LogP) is 7.08. The minimum absolute atomic E-state index is 0.174. The zero-order chi connectivity index (χ0) is 29.2. The summed E-state index contributed by atoms with van der Waals surface area (Å²) in [4.78, 5) is 27.4. The maximum Gasteiger partial charge on any atom is 0.258 e. The first-order valence-corrected chi connectivity index (χ1v) is 15.6. The van der Waals surface area contributed by atoms with Gasteiger partial charge in [-0.3, -0.25) is 4.79 Å². The summed E-state index contributed by atoms with van der Waals surface area (Å²) >= 11 is 14.3. The number of nitrogens with zero attached hydrogens (tertiary/aromatic N) is 4. The molecule has 4 heterocycles. The molecule has 1 amide bonds. The van der Waals surface area contributed by atoms with Crippen molar-refractivity contribution in [3.05, 3.63) is 57.6 Å². The third-order valence-corrected chi connectivity index (χ3v) is 9.75. The topological polar surface area (TPSA) is 91.9 Å². The number of halogens is 2. The number of nitrogens with one attached hydrogen (secondary N) is 2. The lowest BCUT2D eigenvalue weighted by atomic mass is 10.0. The molecule has 2 saturated heterocycles. The van der Waals surface area contributed by atoms with Crippen LogP contribution in [-0.4, -0.2) is 67.2 Å². The van der Waals surface area contributed by atoms with Crippen molar-refractivity contribution in [2.75, 3.05) is 55.9 Å². The number of benzene rings is 2. The standard InChI is InChI=1S/C30H32Cl2N6O3S/c1-40-22-15-23(41-2)25(32)27(24(22)31)36-30(39)21-16-42-28-26(21)33-17-34-29(28)35-18-5-7-19(8-6-18)38-13-9-20(10-14-38)37-11-3-4-12-37/h5-8,15-17,20H,3-4,9-14H2,1-2H3,(H,36,39)(H,33,34,35). The van der Waals surface area contributed by atoms with Crippen molar-refractivity contribution in [3.8, 4) is 11.5 Å². The van der Waals surface area contributed by atoms with Gasteiger partial charge in [0.05, 0.1) is 35.7 Å². The van der Waals surface area contributed by atoms with Gasteiger partial charge in [0.15, 0.2) is 5.82 Å². The summed E-state index contributed by atoms with van der Waals surface area (Å²) < 4.78 is 11.4. The predicted molar refractivity (Wildman–Crippen MR) is 171 cm³/mol. The molecule has 2 fully saturated rings. The number of likely N-dealkylation sites (tertiary alicyclic amines) is 1. The molecule has 2 aliphatic heterocycles. The lowest BCUT2D eigenvalue weighted by molar-refractivity contribution is 0.102. The van der Waals surface area contributed by atoms with E-state index in [1.165, 1.54) is 76.3 Å². The molecule has 2 aromatic carbocycles. The molecule has 42 heavy (non-hydrogen) atoms. The van der Waals surface area contributed by atoms with Crippen molar-refractivity contribution in [2.24, 2.45) is 0 Å². The van der Waals surface area contributed by atoms with E-state index in [0.717, 1.165) is 29.5 Å².